The van der Waals surface area contributed by atoms with E-state index < -0.39 is 5.79 Å². The number of ether oxygens (including phenoxy) is 3. The highest BCUT2D eigenvalue weighted by Crippen LogP contribution is 2.36. The van der Waals surface area contributed by atoms with Crippen LogP contribution in [0.5, 0.6) is 0 Å². The van der Waals surface area contributed by atoms with Gasteiger partial charge < -0.3 is 14.2 Å². The summed E-state index contributed by atoms with van der Waals surface area (Å²) in [7, 11) is 0. The molecule has 86 valence electrons. The Labute approximate surface area is 105 Å². The molecule has 0 aliphatic carbocycles. The molecule has 0 amide bonds. The Kier molecular flexibility index (Phi) is 4.41. The van der Waals surface area contributed by atoms with Gasteiger partial charge in [0, 0.05) is 0 Å². The van der Waals surface area contributed by atoms with E-state index in [-0.39, 0.29) is 9.53 Å². The average Bonchev–Trinajstić information content (AvgIpc) is 2.19. The third-order valence-corrected chi connectivity index (χ3v) is 4.22. The molecule has 0 saturated carbocycles. The van der Waals surface area contributed by atoms with E-state index in [0.717, 1.165) is 0 Å². The zero-order chi connectivity index (χ0) is 11.5. The lowest BCUT2D eigenvalue weighted by Crippen LogP contribution is -2.49. The van der Waals surface area contributed by atoms with Crippen molar-refractivity contribution in [3.63, 3.8) is 0 Å². The van der Waals surface area contributed by atoms with Crippen molar-refractivity contribution in [1.82, 2.24) is 0 Å². The van der Waals surface area contributed by atoms with Crippen molar-refractivity contribution in [2.24, 2.45) is 5.41 Å². The topological polar surface area (TPSA) is 27.7 Å². The molecule has 0 aromatic carbocycles. The van der Waals surface area contributed by atoms with Crippen LogP contribution in [0.25, 0.3) is 0 Å². The van der Waals surface area contributed by atoms with E-state index in [9.17, 15) is 0 Å². The molecule has 0 spiro atoms. The van der Waals surface area contributed by atoms with Crippen molar-refractivity contribution >= 4 is 22.6 Å². The maximum atomic E-state index is 5.62. The Balaban J connectivity index is 2.51. The summed E-state index contributed by atoms with van der Waals surface area (Å²) in [6.45, 7) is 7.48. The normalized spacial score (nSPS) is 25.5. The summed E-state index contributed by atoms with van der Waals surface area (Å²) in [5.41, 5.74) is -0.132. The maximum absolute atomic E-state index is 5.62. The van der Waals surface area contributed by atoms with Crippen molar-refractivity contribution in [1.29, 1.82) is 0 Å². The van der Waals surface area contributed by atoms with Crippen LogP contribution in [0.2, 0.25) is 0 Å². The van der Waals surface area contributed by atoms with Crippen molar-refractivity contribution in [3.05, 3.63) is 0 Å². The van der Waals surface area contributed by atoms with Gasteiger partial charge in [-0.1, -0.05) is 35.4 Å². The molecule has 1 fully saturated rings. The fraction of sp³-hybridized carbons (Fsp3) is 0.818. The summed E-state index contributed by atoms with van der Waals surface area (Å²) >= 11 is 2.23. The number of rotatable bonds is 3. The van der Waals surface area contributed by atoms with Crippen LogP contribution < -0.4 is 0 Å². The number of halogens is 1. The largest absolute Gasteiger partial charge is 0.354 e. The zero-order valence-corrected chi connectivity index (χ0v) is 11.5. The van der Waals surface area contributed by atoms with Gasteiger partial charge in [0.25, 0.3) is 0 Å². The predicted molar refractivity (Wildman–Crippen MR) is 66.7 cm³/mol. The number of hydrogen-bond acceptors (Lipinski definition) is 3. The van der Waals surface area contributed by atoms with Gasteiger partial charge in [-0.25, -0.2) is 0 Å². The van der Waals surface area contributed by atoms with E-state index in [1.807, 2.05) is 13.8 Å². The van der Waals surface area contributed by atoms with E-state index in [2.05, 4.69) is 35.4 Å². The van der Waals surface area contributed by atoms with Crippen LogP contribution in [0, 0.1) is 17.8 Å². The Bertz CT molecular complexity index is 247. The number of hydrogen-bond donors (Lipinski definition) is 0. The molecule has 15 heavy (non-hydrogen) atoms. The van der Waals surface area contributed by atoms with Gasteiger partial charge in [-0.15, -0.1) is 6.42 Å². The monoisotopic (exact) mass is 324 g/mol. The van der Waals surface area contributed by atoms with Crippen LogP contribution in [-0.4, -0.2) is 29.7 Å². The minimum Gasteiger partial charge on any atom is -0.354 e. The first kappa shape index (κ1) is 13.2. The second-order valence-electron chi connectivity index (χ2n) is 4.46. The summed E-state index contributed by atoms with van der Waals surface area (Å²) in [5, 5.41) is 0. The van der Waals surface area contributed by atoms with Gasteiger partial charge in [0.05, 0.1) is 18.6 Å². The molecule has 4 heteroatoms. The Morgan fingerprint density at radius 3 is 2.40 bits per heavy atom. The Morgan fingerprint density at radius 1 is 1.40 bits per heavy atom. The van der Waals surface area contributed by atoms with Crippen molar-refractivity contribution < 1.29 is 14.2 Å². The van der Waals surface area contributed by atoms with Crippen LogP contribution in [0.4, 0.5) is 0 Å². The molecule has 1 atom stereocenters. The molecule has 0 bridgehead atoms. The van der Waals surface area contributed by atoms with Gasteiger partial charge in [-0.2, -0.15) is 0 Å². The standard InChI is InChI=1S/C11H17IO3/c1-5-6-13-9(12)11(4)7-14-10(2,3)15-8-11/h1,9H,6-8H2,2-4H3. The molecule has 0 aromatic rings. The lowest BCUT2D eigenvalue weighted by molar-refractivity contribution is -0.289. The van der Waals surface area contributed by atoms with Gasteiger partial charge in [-0.05, 0) is 13.8 Å². The first-order chi connectivity index (χ1) is 6.90. The highest BCUT2D eigenvalue weighted by molar-refractivity contribution is 14.1. The maximum Gasteiger partial charge on any atom is 0.162 e. The minimum atomic E-state index is -0.484. The lowest BCUT2D eigenvalue weighted by atomic mass is 9.93. The van der Waals surface area contributed by atoms with E-state index in [1.165, 1.54) is 0 Å². The Hall–Kier alpha value is 0.170. The summed E-state index contributed by atoms with van der Waals surface area (Å²) in [4.78, 5) is 0. The lowest BCUT2D eigenvalue weighted by Gasteiger charge is -2.43. The predicted octanol–water partition coefficient (Wildman–Crippen LogP) is 2.19. The molecule has 1 saturated heterocycles. The summed E-state index contributed by atoms with van der Waals surface area (Å²) in [6.07, 6.45) is 5.15. The van der Waals surface area contributed by atoms with Crippen LogP contribution in [0.3, 0.4) is 0 Å². The molecular weight excluding hydrogens is 307 g/mol. The van der Waals surface area contributed by atoms with Gasteiger partial charge >= 0.3 is 0 Å². The average molecular weight is 324 g/mol. The third kappa shape index (κ3) is 3.59. The first-order valence-electron chi connectivity index (χ1n) is 4.87. The molecule has 1 unspecified atom stereocenters. The van der Waals surface area contributed by atoms with Gasteiger partial charge in [0.15, 0.2) is 5.79 Å². The molecule has 1 heterocycles. The van der Waals surface area contributed by atoms with Crippen molar-refractivity contribution in [2.75, 3.05) is 19.8 Å². The zero-order valence-electron chi connectivity index (χ0n) is 9.38. The van der Waals surface area contributed by atoms with E-state index in [1.54, 1.807) is 0 Å². The molecule has 3 nitrogen and oxygen atoms in total. The molecule has 0 N–H and O–H groups in total. The summed E-state index contributed by atoms with van der Waals surface area (Å²) in [6, 6.07) is 0. The van der Waals surface area contributed by atoms with E-state index >= 15 is 0 Å². The summed E-state index contributed by atoms with van der Waals surface area (Å²) < 4.78 is 16.7. The van der Waals surface area contributed by atoms with Crippen LogP contribution in [0.1, 0.15) is 20.8 Å². The van der Waals surface area contributed by atoms with Crippen molar-refractivity contribution in [2.45, 2.75) is 30.7 Å². The molecular formula is C11H17IO3. The van der Waals surface area contributed by atoms with Gasteiger partial charge in [0.1, 0.15) is 10.7 Å². The highest BCUT2D eigenvalue weighted by Gasteiger charge is 2.41. The van der Waals surface area contributed by atoms with Crippen molar-refractivity contribution in [3.8, 4) is 12.3 Å². The molecule has 0 aromatic heterocycles. The Morgan fingerprint density at radius 2 is 1.93 bits per heavy atom. The highest BCUT2D eigenvalue weighted by atomic mass is 127. The molecule has 1 aliphatic rings. The third-order valence-electron chi connectivity index (χ3n) is 2.36. The summed E-state index contributed by atoms with van der Waals surface area (Å²) in [5.74, 6) is 1.98. The minimum absolute atomic E-state index is 0.00208. The number of alkyl halides is 1. The molecule has 0 radical (unpaired) electrons. The smallest absolute Gasteiger partial charge is 0.162 e. The second-order valence-corrected chi connectivity index (χ2v) is 5.59. The fourth-order valence-corrected chi connectivity index (χ4v) is 1.75. The van der Waals surface area contributed by atoms with Crippen LogP contribution in [0.15, 0.2) is 0 Å². The van der Waals surface area contributed by atoms with Gasteiger partial charge in [0.2, 0.25) is 0 Å². The second kappa shape index (κ2) is 5.00. The van der Waals surface area contributed by atoms with Crippen LogP contribution >= 0.6 is 22.6 Å². The molecule has 1 aliphatic heterocycles. The van der Waals surface area contributed by atoms with E-state index in [4.69, 9.17) is 20.6 Å². The number of terminal acetylenes is 1. The first-order valence-corrected chi connectivity index (χ1v) is 6.11. The van der Waals surface area contributed by atoms with E-state index in [0.29, 0.717) is 19.8 Å². The SMILES string of the molecule is C#CCOC(I)C1(C)COC(C)(C)OC1. The quantitative estimate of drug-likeness (QED) is 0.452. The fourth-order valence-electron chi connectivity index (χ4n) is 1.21. The van der Waals surface area contributed by atoms with Crippen LogP contribution in [-0.2, 0) is 14.2 Å². The molecule has 1 rings (SSSR count). The van der Waals surface area contributed by atoms with Gasteiger partial charge in [-0.3, -0.25) is 0 Å².